The fourth-order valence-corrected chi connectivity index (χ4v) is 2.66. The number of ether oxygens (including phenoxy) is 1. The van der Waals surface area contributed by atoms with Crippen LogP contribution in [0.5, 0.6) is 0 Å². The number of rotatable bonds is 8. The first-order valence-electron chi connectivity index (χ1n) is 8.80. The van der Waals surface area contributed by atoms with Crippen molar-refractivity contribution in [2.45, 2.75) is 20.4 Å². The quantitative estimate of drug-likeness (QED) is 0.751. The highest BCUT2D eigenvalue weighted by Gasteiger charge is 2.10. The number of hydrogen-bond acceptors (Lipinski definition) is 4. The molecular formula is C21H27N3O3. The van der Waals surface area contributed by atoms with Gasteiger partial charge in [0.25, 0.3) is 0 Å². The highest BCUT2D eigenvalue weighted by molar-refractivity contribution is 5.95. The van der Waals surface area contributed by atoms with Gasteiger partial charge in [-0.25, -0.2) is 0 Å². The molecule has 6 nitrogen and oxygen atoms in total. The minimum Gasteiger partial charge on any atom is -0.375 e. The number of aryl methyl sites for hydroxylation is 2. The van der Waals surface area contributed by atoms with Crippen LogP contribution in [0.1, 0.15) is 16.7 Å². The third kappa shape index (κ3) is 6.84. The van der Waals surface area contributed by atoms with Crippen LogP contribution in [0.25, 0.3) is 0 Å². The predicted molar refractivity (Wildman–Crippen MR) is 108 cm³/mol. The molecule has 0 heterocycles. The number of methoxy groups -OCH3 is 1. The van der Waals surface area contributed by atoms with Gasteiger partial charge < -0.3 is 15.4 Å². The summed E-state index contributed by atoms with van der Waals surface area (Å²) >= 11 is 0. The summed E-state index contributed by atoms with van der Waals surface area (Å²) in [6.45, 7) is 4.91. The van der Waals surface area contributed by atoms with Gasteiger partial charge in [0.05, 0.1) is 6.54 Å². The van der Waals surface area contributed by atoms with E-state index in [9.17, 15) is 9.59 Å². The van der Waals surface area contributed by atoms with Gasteiger partial charge in [0.15, 0.2) is 0 Å². The Hall–Kier alpha value is -2.70. The van der Waals surface area contributed by atoms with Gasteiger partial charge in [-0.1, -0.05) is 35.9 Å². The summed E-state index contributed by atoms with van der Waals surface area (Å²) in [6, 6.07) is 13.7. The van der Waals surface area contributed by atoms with Gasteiger partial charge in [-0.3, -0.25) is 14.5 Å². The maximum absolute atomic E-state index is 12.4. The van der Waals surface area contributed by atoms with E-state index in [0.717, 1.165) is 11.1 Å². The molecule has 0 bridgehead atoms. The molecule has 0 spiro atoms. The smallest absolute Gasteiger partial charge is 0.250 e. The number of nitrogens with zero attached hydrogens (tertiary/aromatic N) is 1. The topological polar surface area (TPSA) is 70.7 Å². The van der Waals surface area contributed by atoms with Crippen molar-refractivity contribution in [1.82, 2.24) is 4.90 Å². The number of hydrogen-bond donors (Lipinski definition) is 2. The molecule has 144 valence electrons. The first-order chi connectivity index (χ1) is 12.9. The molecule has 0 aliphatic heterocycles. The van der Waals surface area contributed by atoms with E-state index in [1.54, 1.807) is 12.1 Å². The molecule has 0 aliphatic rings. The maximum Gasteiger partial charge on any atom is 0.250 e. The van der Waals surface area contributed by atoms with E-state index in [2.05, 4.69) is 41.8 Å². The molecule has 6 heteroatoms. The zero-order valence-corrected chi connectivity index (χ0v) is 16.3. The Kier molecular flexibility index (Phi) is 7.52. The summed E-state index contributed by atoms with van der Waals surface area (Å²) in [5, 5.41) is 5.65. The van der Waals surface area contributed by atoms with Gasteiger partial charge in [-0.2, -0.15) is 0 Å². The minimum atomic E-state index is -0.239. The van der Waals surface area contributed by atoms with Crippen LogP contribution in [0.2, 0.25) is 0 Å². The lowest BCUT2D eigenvalue weighted by atomic mass is 10.1. The van der Waals surface area contributed by atoms with Crippen LogP contribution in [0, 0.1) is 13.8 Å². The first-order valence-corrected chi connectivity index (χ1v) is 8.80. The third-order valence-electron chi connectivity index (χ3n) is 4.06. The molecular weight excluding hydrogens is 342 g/mol. The molecule has 2 N–H and O–H groups in total. The van der Waals surface area contributed by atoms with Crippen LogP contribution < -0.4 is 10.6 Å². The van der Waals surface area contributed by atoms with Gasteiger partial charge in [-0.15, -0.1) is 0 Å². The van der Waals surface area contributed by atoms with E-state index in [1.807, 2.05) is 24.9 Å². The van der Waals surface area contributed by atoms with Crippen molar-refractivity contribution in [1.29, 1.82) is 0 Å². The summed E-state index contributed by atoms with van der Waals surface area (Å²) in [7, 11) is 3.38. The van der Waals surface area contributed by atoms with Crippen LogP contribution >= 0.6 is 0 Å². The molecule has 0 aliphatic carbocycles. The lowest BCUT2D eigenvalue weighted by Crippen LogP contribution is -2.30. The maximum atomic E-state index is 12.4. The summed E-state index contributed by atoms with van der Waals surface area (Å²) in [4.78, 5) is 26.0. The number of nitrogens with one attached hydrogen (secondary N) is 2. The van der Waals surface area contributed by atoms with Gasteiger partial charge in [0.1, 0.15) is 6.61 Å². The van der Waals surface area contributed by atoms with Crippen LogP contribution in [0.3, 0.4) is 0 Å². The highest BCUT2D eigenvalue weighted by Crippen LogP contribution is 2.20. The Labute approximate surface area is 160 Å². The monoisotopic (exact) mass is 369 g/mol. The normalized spacial score (nSPS) is 10.7. The van der Waals surface area contributed by atoms with Gasteiger partial charge in [0.2, 0.25) is 11.8 Å². The number of amides is 2. The van der Waals surface area contributed by atoms with Gasteiger partial charge in [0, 0.05) is 25.0 Å². The summed E-state index contributed by atoms with van der Waals surface area (Å²) in [5.74, 6) is -0.343. The average molecular weight is 369 g/mol. The Morgan fingerprint density at radius 2 is 1.70 bits per heavy atom. The van der Waals surface area contributed by atoms with Gasteiger partial charge >= 0.3 is 0 Å². The minimum absolute atomic E-state index is 0.0145. The van der Waals surface area contributed by atoms with Crippen molar-refractivity contribution in [3.8, 4) is 0 Å². The van der Waals surface area contributed by atoms with Crippen LogP contribution in [0.15, 0.2) is 42.5 Å². The zero-order chi connectivity index (χ0) is 19.8. The van der Waals surface area contributed by atoms with Crippen molar-refractivity contribution in [3.63, 3.8) is 0 Å². The predicted octanol–water partition coefficient (Wildman–Crippen LogP) is 2.96. The second-order valence-electron chi connectivity index (χ2n) is 6.72. The Morgan fingerprint density at radius 3 is 2.37 bits per heavy atom. The van der Waals surface area contributed by atoms with E-state index in [0.29, 0.717) is 17.9 Å². The molecule has 0 atom stereocenters. The Morgan fingerprint density at radius 1 is 1.00 bits per heavy atom. The second-order valence-corrected chi connectivity index (χ2v) is 6.72. The molecule has 0 saturated heterocycles. The molecule has 0 aromatic heterocycles. The Bertz CT molecular complexity index is 788. The SMILES string of the molecule is COCC(=O)Nc1ccc(C)c(NC(=O)CN(C)Cc2ccc(C)cc2)c1. The molecule has 2 rings (SSSR count). The second kappa shape index (κ2) is 9.85. The van der Waals surface area contributed by atoms with E-state index < -0.39 is 0 Å². The largest absolute Gasteiger partial charge is 0.375 e. The summed E-state index contributed by atoms with van der Waals surface area (Å²) in [5.41, 5.74) is 4.60. The molecule has 27 heavy (non-hydrogen) atoms. The fraction of sp³-hybridized carbons (Fsp3) is 0.333. The van der Waals surface area contributed by atoms with E-state index in [1.165, 1.54) is 12.7 Å². The number of carbonyl (C=O) groups excluding carboxylic acids is 2. The molecule has 0 fully saturated rings. The molecule has 2 aromatic rings. The molecule has 0 radical (unpaired) electrons. The first kappa shape index (κ1) is 20.6. The number of likely N-dealkylation sites (N-methyl/N-ethyl adjacent to an activating group) is 1. The molecule has 2 amide bonds. The third-order valence-corrected chi connectivity index (χ3v) is 4.06. The standard InChI is InChI=1S/C21H27N3O3/c1-15-5-8-17(9-6-15)12-24(3)13-20(25)23-19-11-18(10-7-16(19)2)22-21(26)14-27-4/h5-11H,12-14H2,1-4H3,(H,22,26)(H,23,25). The average Bonchev–Trinajstić information content (AvgIpc) is 2.60. The summed E-state index contributed by atoms with van der Waals surface area (Å²) in [6.07, 6.45) is 0. The van der Waals surface area contributed by atoms with Crippen molar-refractivity contribution in [2.24, 2.45) is 0 Å². The van der Waals surface area contributed by atoms with Gasteiger partial charge in [-0.05, 0) is 44.2 Å². The van der Waals surface area contributed by atoms with E-state index in [4.69, 9.17) is 4.74 Å². The molecule has 2 aromatic carbocycles. The number of benzene rings is 2. The molecule has 0 unspecified atom stereocenters. The fourth-order valence-electron chi connectivity index (χ4n) is 2.66. The van der Waals surface area contributed by atoms with Crippen LogP contribution in [-0.2, 0) is 20.9 Å². The van der Waals surface area contributed by atoms with Crippen molar-refractivity contribution in [3.05, 3.63) is 59.2 Å². The molecule has 0 saturated carbocycles. The van der Waals surface area contributed by atoms with Crippen LogP contribution in [0.4, 0.5) is 11.4 Å². The van der Waals surface area contributed by atoms with Crippen molar-refractivity contribution < 1.29 is 14.3 Å². The number of carbonyl (C=O) groups is 2. The van der Waals surface area contributed by atoms with Crippen molar-refractivity contribution >= 4 is 23.2 Å². The van der Waals surface area contributed by atoms with E-state index in [-0.39, 0.29) is 25.0 Å². The summed E-state index contributed by atoms with van der Waals surface area (Å²) < 4.78 is 4.81. The van der Waals surface area contributed by atoms with E-state index >= 15 is 0 Å². The Balaban J connectivity index is 1.93. The number of anilines is 2. The van der Waals surface area contributed by atoms with Crippen molar-refractivity contribution in [2.75, 3.05) is 37.9 Å². The van der Waals surface area contributed by atoms with Crippen LogP contribution in [-0.4, -0.2) is 44.0 Å². The highest BCUT2D eigenvalue weighted by atomic mass is 16.5. The lowest BCUT2D eigenvalue weighted by molar-refractivity contribution is -0.119. The lowest BCUT2D eigenvalue weighted by Gasteiger charge is -2.17. The zero-order valence-electron chi connectivity index (χ0n) is 16.3.